The zero-order valence-corrected chi connectivity index (χ0v) is 32.4. The number of nitrogens with zero attached hydrogens (tertiary/aromatic N) is 4. The largest absolute Gasteiger partial charge is 0 e. The Morgan fingerprint density at radius 2 is 1.58 bits per heavy atom. The van der Waals surface area contributed by atoms with Crippen molar-refractivity contribution < 1.29 is 24.5 Å². The van der Waals surface area contributed by atoms with Crippen LogP contribution >= 0.6 is 0 Å². The van der Waals surface area contributed by atoms with Crippen LogP contribution < -0.4 is 4.40 Å². The Labute approximate surface area is 297 Å². The number of aromatic nitrogens is 4. The summed E-state index contributed by atoms with van der Waals surface area (Å²) in [5, 5.41) is 2.24. The number of hydrogen-bond donors (Lipinski definition) is 0. The molecule has 0 spiro atoms. The first-order chi connectivity index (χ1) is 22.7. The Bertz CT molecular complexity index is 2360. The van der Waals surface area contributed by atoms with Crippen molar-refractivity contribution in [1.82, 2.24) is 19.5 Å². The Balaban J connectivity index is 0.000000201. The third kappa shape index (κ3) is 6.40. The summed E-state index contributed by atoms with van der Waals surface area (Å²) in [5.74, 6) is 7.94. The van der Waals surface area contributed by atoms with E-state index in [0.717, 1.165) is 72.4 Å². The molecule has 241 valence electrons. The third-order valence-corrected chi connectivity index (χ3v) is 12.8. The SMILES string of the molecule is Cc1ccc2c(c1)oc1c(-c3nc4c(C)cncc4n3-c3ccccc3)[c-]cc(C)c12.[CH3][Ge]([CH3])([CH3])[c]1ccc(-c2[c-]cccc2)nc1.[Ir]. The van der Waals surface area contributed by atoms with Gasteiger partial charge in [0, 0.05) is 37.4 Å². The second-order valence-electron chi connectivity index (χ2n) is 13.0. The molecule has 8 aromatic rings. The molecule has 8 rings (SSSR count). The number of pyridine rings is 2. The molecule has 0 aliphatic rings. The maximum absolute atomic E-state index is 6.42. The molecule has 5 nitrogen and oxygen atoms in total. The second-order valence-corrected chi connectivity index (χ2v) is 23.7. The van der Waals surface area contributed by atoms with Gasteiger partial charge in [-0.05, 0) is 43.2 Å². The quantitative estimate of drug-likeness (QED) is 0.131. The van der Waals surface area contributed by atoms with Crippen LogP contribution in [0.2, 0.25) is 17.3 Å². The molecule has 4 heterocycles. The zero-order chi connectivity index (χ0) is 32.7. The predicted molar refractivity (Wildman–Crippen MR) is 196 cm³/mol. The summed E-state index contributed by atoms with van der Waals surface area (Å²) in [7, 11) is 0. The van der Waals surface area contributed by atoms with Crippen LogP contribution in [0.3, 0.4) is 0 Å². The molecule has 1 radical (unpaired) electrons. The standard InChI is InChI=1S/C27H20N3O.C14H16GeN.Ir/c1-16-9-11-20-23(13-16)31-26-21(12-10-17(2)24(20)26)27-29-25-18(3)14-28-15-22(25)30(27)19-7-5-4-6-8-19;1-15(2,3)13-9-10-14(16-11-13)12-7-5-4-6-8-12;/h4-11,13-15H,1-3H3;4-7,9-11H,1-3H3;/q2*-1;. The van der Waals surface area contributed by atoms with Crippen LogP contribution in [0.4, 0.5) is 0 Å². The average molecular weight is 866 g/mol. The van der Waals surface area contributed by atoms with Crippen LogP contribution in [-0.2, 0) is 20.1 Å². The molecule has 0 fully saturated rings. The minimum absolute atomic E-state index is 0. The summed E-state index contributed by atoms with van der Waals surface area (Å²) in [4.78, 5) is 14.0. The third-order valence-electron chi connectivity index (χ3n) is 8.50. The summed E-state index contributed by atoms with van der Waals surface area (Å²) < 4.78 is 10.0. The minimum Gasteiger partial charge on any atom is 0 e. The minimum atomic E-state index is -1.72. The monoisotopic (exact) mass is 867 g/mol. The molecule has 0 atom stereocenters. The fourth-order valence-electron chi connectivity index (χ4n) is 5.93. The molecule has 0 bridgehead atoms. The number of para-hydroxylation sites is 1. The molecule has 4 aromatic carbocycles. The van der Waals surface area contributed by atoms with E-state index in [1.807, 2.05) is 74.0 Å². The molecule has 0 N–H and O–H groups in total. The van der Waals surface area contributed by atoms with Crippen molar-refractivity contribution in [3.8, 4) is 28.3 Å². The normalized spacial score (nSPS) is 11.4. The van der Waals surface area contributed by atoms with Gasteiger partial charge in [0.1, 0.15) is 5.58 Å². The van der Waals surface area contributed by atoms with E-state index in [9.17, 15) is 0 Å². The number of benzene rings is 4. The summed E-state index contributed by atoms with van der Waals surface area (Å²) >= 11 is -1.72. The Morgan fingerprint density at radius 3 is 2.29 bits per heavy atom. The van der Waals surface area contributed by atoms with E-state index in [-0.39, 0.29) is 20.1 Å². The van der Waals surface area contributed by atoms with E-state index in [4.69, 9.17) is 9.40 Å². The first-order valence-corrected chi connectivity index (χ1v) is 23.2. The number of rotatable bonds is 4. The second kappa shape index (κ2) is 13.6. The number of fused-ring (bicyclic) bond motifs is 4. The van der Waals surface area contributed by atoms with E-state index in [2.05, 4.69) is 100 Å². The van der Waals surface area contributed by atoms with Crippen molar-refractivity contribution >= 4 is 50.6 Å². The van der Waals surface area contributed by atoms with Crippen LogP contribution in [0, 0.1) is 32.9 Å². The van der Waals surface area contributed by atoms with Crippen molar-refractivity contribution in [2.24, 2.45) is 0 Å². The van der Waals surface area contributed by atoms with Gasteiger partial charge < -0.3 is 8.98 Å². The number of aryl methyl sites for hydroxylation is 3. The summed E-state index contributed by atoms with van der Waals surface area (Å²) in [6, 6.07) is 37.6. The van der Waals surface area contributed by atoms with Crippen molar-refractivity contribution in [1.29, 1.82) is 0 Å². The molecule has 7 heteroatoms. The number of furan rings is 1. The molecular weight excluding hydrogens is 829 g/mol. The summed E-state index contributed by atoms with van der Waals surface area (Å²) in [5.41, 5.74) is 10.9. The fourth-order valence-corrected chi connectivity index (χ4v) is 8.11. The number of hydrogen-bond acceptors (Lipinski definition) is 4. The van der Waals surface area contributed by atoms with Crippen molar-refractivity contribution in [2.75, 3.05) is 0 Å². The summed E-state index contributed by atoms with van der Waals surface area (Å²) in [6.45, 7) is 6.22. The maximum atomic E-state index is 6.42. The molecular formula is C41H36GeIrN4O-2. The van der Waals surface area contributed by atoms with Gasteiger partial charge in [-0.15, -0.1) is 17.7 Å². The zero-order valence-electron chi connectivity index (χ0n) is 27.9. The van der Waals surface area contributed by atoms with E-state index in [0.29, 0.717) is 0 Å². The molecule has 0 amide bonds. The molecule has 48 heavy (non-hydrogen) atoms. The Morgan fingerprint density at radius 1 is 0.792 bits per heavy atom. The predicted octanol–water partition coefficient (Wildman–Crippen LogP) is 9.80. The van der Waals surface area contributed by atoms with Gasteiger partial charge in [-0.25, -0.2) is 0 Å². The van der Waals surface area contributed by atoms with Crippen molar-refractivity contribution in [2.45, 2.75) is 38.0 Å². The van der Waals surface area contributed by atoms with E-state index in [1.165, 1.54) is 9.96 Å². The van der Waals surface area contributed by atoms with Gasteiger partial charge in [-0.3, -0.25) is 9.97 Å². The first kappa shape index (κ1) is 33.5. The Kier molecular flexibility index (Phi) is 9.53. The van der Waals surface area contributed by atoms with Gasteiger partial charge in [0.25, 0.3) is 0 Å². The van der Waals surface area contributed by atoms with Crippen LogP contribution in [-0.4, -0.2) is 32.8 Å². The van der Waals surface area contributed by atoms with E-state index < -0.39 is 13.3 Å². The van der Waals surface area contributed by atoms with Crippen LogP contribution in [0.15, 0.2) is 114 Å². The van der Waals surface area contributed by atoms with Crippen LogP contribution in [0.25, 0.3) is 61.3 Å². The van der Waals surface area contributed by atoms with Gasteiger partial charge in [0.05, 0.1) is 28.6 Å². The molecule has 0 aliphatic carbocycles. The van der Waals surface area contributed by atoms with Gasteiger partial charge >= 0.3 is 99.8 Å². The molecule has 0 saturated heterocycles. The smallest absolute Gasteiger partial charge is 0 e. The molecule has 0 aliphatic heterocycles. The summed E-state index contributed by atoms with van der Waals surface area (Å²) in [6.07, 6.45) is 5.77. The van der Waals surface area contributed by atoms with Crippen LogP contribution in [0.1, 0.15) is 16.7 Å². The fraction of sp³-hybridized carbons (Fsp3) is 0.146. The average Bonchev–Trinajstić information content (AvgIpc) is 3.66. The van der Waals surface area contributed by atoms with E-state index in [1.54, 1.807) is 0 Å². The Hall–Kier alpha value is -4.36. The van der Waals surface area contributed by atoms with Gasteiger partial charge in [0.15, 0.2) is 0 Å². The van der Waals surface area contributed by atoms with Gasteiger partial charge in [-0.1, -0.05) is 48.2 Å². The topological polar surface area (TPSA) is 56.7 Å². The first-order valence-electron chi connectivity index (χ1n) is 15.9. The molecule has 4 aromatic heterocycles. The number of imidazole rings is 1. The molecule has 0 saturated carbocycles. The van der Waals surface area contributed by atoms with Crippen molar-refractivity contribution in [3.05, 3.63) is 138 Å². The van der Waals surface area contributed by atoms with Gasteiger partial charge in [-0.2, -0.15) is 0 Å². The van der Waals surface area contributed by atoms with Gasteiger partial charge in [0.2, 0.25) is 0 Å². The van der Waals surface area contributed by atoms with E-state index >= 15 is 0 Å². The van der Waals surface area contributed by atoms with Crippen molar-refractivity contribution in [3.63, 3.8) is 0 Å². The maximum Gasteiger partial charge on any atom is 0 e. The van der Waals surface area contributed by atoms with Crippen LogP contribution in [0.5, 0.6) is 0 Å². The molecule has 0 unspecified atom stereocenters.